The molecule has 84 valence electrons. The van der Waals surface area contributed by atoms with Gasteiger partial charge in [-0.3, -0.25) is 4.98 Å². The first kappa shape index (κ1) is 12.1. The van der Waals surface area contributed by atoms with Crippen LogP contribution in [0.5, 0.6) is 0 Å². The molecule has 1 aromatic rings. The lowest BCUT2D eigenvalue weighted by Crippen LogP contribution is -2.43. The molecular weight excluding hydrogens is 194 g/mol. The number of methoxy groups -OCH3 is 2. The molecule has 0 aliphatic carbocycles. The van der Waals surface area contributed by atoms with E-state index in [1.165, 1.54) is 14.2 Å². The molecule has 1 atom stereocenters. The van der Waals surface area contributed by atoms with E-state index in [4.69, 9.17) is 9.47 Å². The molecule has 1 unspecified atom stereocenters. The summed E-state index contributed by atoms with van der Waals surface area (Å²) in [6.45, 7) is 1.67. The Labute approximate surface area is 89.9 Å². The van der Waals surface area contributed by atoms with E-state index in [-0.39, 0.29) is 0 Å². The standard InChI is InChI=1S/C11H17NO3/c1-11(13,10(14-2)15-3)8-9-6-4-5-7-12-9/h4-7,10,13H,8H2,1-3H3. The predicted molar refractivity (Wildman–Crippen MR) is 56.4 cm³/mol. The van der Waals surface area contributed by atoms with Gasteiger partial charge in [0.1, 0.15) is 5.60 Å². The van der Waals surface area contributed by atoms with E-state index in [9.17, 15) is 5.11 Å². The highest BCUT2D eigenvalue weighted by atomic mass is 16.7. The monoisotopic (exact) mass is 211 g/mol. The SMILES string of the molecule is COC(OC)C(C)(O)Cc1ccccn1. The van der Waals surface area contributed by atoms with Crippen LogP contribution in [0.3, 0.4) is 0 Å². The van der Waals surface area contributed by atoms with Gasteiger partial charge < -0.3 is 14.6 Å². The minimum absolute atomic E-state index is 0.389. The molecule has 1 aromatic heterocycles. The van der Waals surface area contributed by atoms with Crippen LogP contribution in [0.15, 0.2) is 24.4 Å². The van der Waals surface area contributed by atoms with Crippen molar-refractivity contribution in [2.24, 2.45) is 0 Å². The third-order valence-electron chi connectivity index (χ3n) is 2.20. The number of ether oxygens (including phenoxy) is 2. The molecule has 0 saturated carbocycles. The molecule has 0 spiro atoms. The van der Waals surface area contributed by atoms with Gasteiger partial charge in [0, 0.05) is 32.5 Å². The molecule has 0 aliphatic heterocycles. The van der Waals surface area contributed by atoms with Gasteiger partial charge in [-0.25, -0.2) is 0 Å². The van der Waals surface area contributed by atoms with Crippen molar-refractivity contribution in [2.75, 3.05) is 14.2 Å². The van der Waals surface area contributed by atoms with E-state index >= 15 is 0 Å². The molecule has 1 N–H and O–H groups in total. The van der Waals surface area contributed by atoms with Crippen LogP contribution in [0.4, 0.5) is 0 Å². The Hall–Kier alpha value is -0.970. The smallest absolute Gasteiger partial charge is 0.185 e. The fourth-order valence-corrected chi connectivity index (χ4v) is 1.56. The van der Waals surface area contributed by atoms with Gasteiger partial charge in [-0.05, 0) is 19.1 Å². The van der Waals surface area contributed by atoms with Crippen LogP contribution in [-0.4, -0.2) is 36.2 Å². The normalized spacial score (nSPS) is 15.3. The van der Waals surface area contributed by atoms with Crippen LogP contribution in [0.1, 0.15) is 12.6 Å². The summed E-state index contributed by atoms with van der Waals surface area (Å²) in [5.74, 6) is 0. The number of aromatic nitrogens is 1. The fraction of sp³-hybridized carbons (Fsp3) is 0.545. The van der Waals surface area contributed by atoms with E-state index < -0.39 is 11.9 Å². The van der Waals surface area contributed by atoms with Crippen molar-refractivity contribution in [3.8, 4) is 0 Å². The van der Waals surface area contributed by atoms with Gasteiger partial charge in [-0.1, -0.05) is 6.07 Å². The van der Waals surface area contributed by atoms with Crippen LogP contribution < -0.4 is 0 Å². The van der Waals surface area contributed by atoms with E-state index in [1.807, 2.05) is 18.2 Å². The van der Waals surface area contributed by atoms with Crippen LogP contribution in [0.25, 0.3) is 0 Å². The molecule has 4 nitrogen and oxygen atoms in total. The second-order valence-electron chi connectivity index (χ2n) is 3.66. The van der Waals surface area contributed by atoms with Gasteiger partial charge in [-0.15, -0.1) is 0 Å². The minimum atomic E-state index is -1.09. The van der Waals surface area contributed by atoms with E-state index in [0.29, 0.717) is 6.42 Å². The molecule has 0 aliphatic rings. The minimum Gasteiger partial charge on any atom is -0.384 e. The number of pyridine rings is 1. The largest absolute Gasteiger partial charge is 0.384 e. The average Bonchev–Trinajstić information content (AvgIpc) is 2.19. The first-order valence-corrected chi connectivity index (χ1v) is 4.78. The summed E-state index contributed by atoms with van der Waals surface area (Å²) in [4.78, 5) is 4.14. The zero-order valence-corrected chi connectivity index (χ0v) is 9.30. The Morgan fingerprint density at radius 2 is 2.07 bits per heavy atom. The number of hydrogen-bond donors (Lipinski definition) is 1. The van der Waals surface area contributed by atoms with Crippen LogP contribution in [-0.2, 0) is 15.9 Å². The summed E-state index contributed by atoms with van der Waals surface area (Å²) in [6.07, 6.45) is 1.43. The first-order valence-electron chi connectivity index (χ1n) is 4.78. The maximum atomic E-state index is 10.1. The Kier molecular flexibility index (Phi) is 4.20. The highest BCUT2D eigenvalue weighted by molar-refractivity contribution is 5.07. The molecule has 4 heteroatoms. The summed E-state index contributed by atoms with van der Waals surface area (Å²) >= 11 is 0. The van der Waals surface area contributed by atoms with Crippen molar-refractivity contribution >= 4 is 0 Å². The van der Waals surface area contributed by atoms with Crippen LogP contribution >= 0.6 is 0 Å². The van der Waals surface area contributed by atoms with Crippen molar-refractivity contribution < 1.29 is 14.6 Å². The van der Waals surface area contributed by atoms with Gasteiger partial charge in [0.15, 0.2) is 6.29 Å². The van der Waals surface area contributed by atoms with E-state index in [1.54, 1.807) is 13.1 Å². The van der Waals surface area contributed by atoms with Crippen molar-refractivity contribution in [3.63, 3.8) is 0 Å². The lowest BCUT2D eigenvalue weighted by molar-refractivity contribution is -0.207. The molecule has 15 heavy (non-hydrogen) atoms. The summed E-state index contributed by atoms with van der Waals surface area (Å²) in [5, 5.41) is 10.1. The van der Waals surface area contributed by atoms with Crippen molar-refractivity contribution in [1.82, 2.24) is 4.98 Å². The zero-order chi connectivity index (χ0) is 11.3. The predicted octanol–water partition coefficient (Wildman–Crippen LogP) is 0.994. The van der Waals surface area contributed by atoms with Gasteiger partial charge >= 0.3 is 0 Å². The fourth-order valence-electron chi connectivity index (χ4n) is 1.56. The second kappa shape index (κ2) is 5.21. The highest BCUT2D eigenvalue weighted by Crippen LogP contribution is 2.18. The van der Waals surface area contributed by atoms with Crippen LogP contribution in [0, 0.1) is 0 Å². The summed E-state index contributed by atoms with van der Waals surface area (Å²) in [6, 6.07) is 5.58. The Morgan fingerprint density at radius 3 is 2.53 bits per heavy atom. The first-order chi connectivity index (χ1) is 7.10. The Balaban J connectivity index is 2.71. The third-order valence-corrected chi connectivity index (χ3v) is 2.20. The molecular formula is C11H17NO3. The molecule has 0 aromatic carbocycles. The molecule has 1 heterocycles. The second-order valence-corrected chi connectivity index (χ2v) is 3.66. The van der Waals surface area contributed by atoms with Gasteiger partial charge in [0.2, 0.25) is 0 Å². The topological polar surface area (TPSA) is 51.6 Å². The summed E-state index contributed by atoms with van der Waals surface area (Å²) < 4.78 is 10.1. The summed E-state index contributed by atoms with van der Waals surface area (Å²) in [5.41, 5.74) is -0.278. The quantitative estimate of drug-likeness (QED) is 0.738. The average molecular weight is 211 g/mol. The Bertz CT molecular complexity index is 283. The summed E-state index contributed by atoms with van der Waals surface area (Å²) in [7, 11) is 3.00. The number of aliphatic hydroxyl groups is 1. The maximum absolute atomic E-state index is 10.1. The molecule has 0 saturated heterocycles. The van der Waals surface area contributed by atoms with Crippen LogP contribution in [0.2, 0.25) is 0 Å². The van der Waals surface area contributed by atoms with Crippen molar-refractivity contribution in [3.05, 3.63) is 30.1 Å². The lowest BCUT2D eigenvalue weighted by Gasteiger charge is -2.30. The van der Waals surface area contributed by atoms with E-state index in [0.717, 1.165) is 5.69 Å². The lowest BCUT2D eigenvalue weighted by atomic mass is 9.99. The molecule has 0 radical (unpaired) electrons. The van der Waals surface area contributed by atoms with Crippen molar-refractivity contribution in [2.45, 2.75) is 25.2 Å². The van der Waals surface area contributed by atoms with Gasteiger partial charge in [0.05, 0.1) is 0 Å². The van der Waals surface area contributed by atoms with E-state index in [2.05, 4.69) is 4.98 Å². The molecule has 0 fully saturated rings. The number of rotatable bonds is 5. The number of hydrogen-bond acceptors (Lipinski definition) is 4. The molecule has 0 amide bonds. The van der Waals surface area contributed by atoms with Gasteiger partial charge in [0.25, 0.3) is 0 Å². The third kappa shape index (κ3) is 3.27. The van der Waals surface area contributed by atoms with Crippen molar-refractivity contribution in [1.29, 1.82) is 0 Å². The maximum Gasteiger partial charge on any atom is 0.185 e. The number of nitrogens with zero attached hydrogens (tertiary/aromatic N) is 1. The molecule has 1 rings (SSSR count). The molecule has 0 bridgehead atoms. The van der Waals surface area contributed by atoms with Gasteiger partial charge in [-0.2, -0.15) is 0 Å². The highest BCUT2D eigenvalue weighted by Gasteiger charge is 2.32. The Morgan fingerprint density at radius 1 is 1.40 bits per heavy atom. The zero-order valence-electron chi connectivity index (χ0n) is 9.30.